The molecule has 0 spiro atoms. The van der Waals surface area contributed by atoms with E-state index in [0.29, 0.717) is 12.0 Å². The maximum atomic E-state index is 5.58. The monoisotopic (exact) mass is 168 g/mol. The van der Waals surface area contributed by atoms with E-state index in [-0.39, 0.29) is 0 Å². The van der Waals surface area contributed by atoms with E-state index in [1.807, 2.05) is 6.92 Å². The quantitative estimate of drug-likeness (QED) is 0.590. The van der Waals surface area contributed by atoms with Crippen LogP contribution in [0.1, 0.15) is 32.6 Å². The van der Waals surface area contributed by atoms with Crippen molar-refractivity contribution in [2.75, 3.05) is 6.61 Å². The van der Waals surface area contributed by atoms with Crippen LogP contribution in [0.3, 0.4) is 0 Å². The molecule has 0 amide bonds. The summed E-state index contributed by atoms with van der Waals surface area (Å²) in [6.45, 7) is 2.73. The first-order valence-electron chi connectivity index (χ1n) is 4.90. The molecule has 2 aliphatic rings. The predicted molar refractivity (Wildman–Crippen MR) is 46.5 cm³/mol. The van der Waals surface area contributed by atoms with Crippen molar-refractivity contribution in [1.29, 1.82) is 0 Å². The van der Waals surface area contributed by atoms with Gasteiger partial charge in [0.2, 0.25) is 0 Å². The van der Waals surface area contributed by atoms with E-state index in [1.54, 1.807) is 6.26 Å². The fraction of sp³-hybridized carbons (Fsp3) is 0.800. The Bertz CT molecular complexity index is 186. The van der Waals surface area contributed by atoms with Gasteiger partial charge in [-0.2, -0.15) is 0 Å². The fourth-order valence-corrected chi connectivity index (χ4v) is 2.03. The molecule has 0 N–H and O–H groups in total. The number of hydrogen-bond donors (Lipinski definition) is 0. The lowest BCUT2D eigenvalue weighted by Crippen LogP contribution is -2.39. The van der Waals surface area contributed by atoms with Crippen LogP contribution in [0.4, 0.5) is 0 Å². The number of rotatable bonds is 2. The number of fused-ring (bicyclic) bond motifs is 1. The van der Waals surface area contributed by atoms with E-state index in [4.69, 9.17) is 9.47 Å². The average molecular weight is 168 g/mol. The third kappa shape index (κ3) is 1.30. The van der Waals surface area contributed by atoms with Crippen LogP contribution in [-0.2, 0) is 9.47 Å². The Kier molecular flexibility index (Phi) is 2.24. The summed E-state index contributed by atoms with van der Waals surface area (Å²) in [5.41, 5.74) is 0. The summed E-state index contributed by atoms with van der Waals surface area (Å²) in [6.07, 6.45) is 7.55. The molecule has 1 saturated carbocycles. The maximum absolute atomic E-state index is 5.58. The normalized spacial score (nSPS) is 36.6. The van der Waals surface area contributed by atoms with Crippen LogP contribution in [0.25, 0.3) is 0 Å². The minimum atomic E-state index is 0.519. The second-order valence-corrected chi connectivity index (χ2v) is 3.52. The first kappa shape index (κ1) is 7.96. The van der Waals surface area contributed by atoms with Gasteiger partial charge in [0, 0.05) is 0 Å². The summed E-state index contributed by atoms with van der Waals surface area (Å²) >= 11 is 0. The van der Waals surface area contributed by atoms with Crippen molar-refractivity contribution >= 4 is 0 Å². The van der Waals surface area contributed by atoms with E-state index in [1.165, 1.54) is 25.7 Å². The Balaban J connectivity index is 1.88. The van der Waals surface area contributed by atoms with E-state index in [9.17, 15) is 0 Å². The molecule has 1 aliphatic heterocycles. The summed E-state index contributed by atoms with van der Waals surface area (Å²) in [5, 5.41) is 0. The molecule has 1 saturated heterocycles. The molecule has 12 heavy (non-hydrogen) atoms. The van der Waals surface area contributed by atoms with Crippen molar-refractivity contribution in [2.45, 2.75) is 38.7 Å². The minimum Gasteiger partial charge on any atom is -0.498 e. The third-order valence-corrected chi connectivity index (χ3v) is 2.72. The molecule has 1 aliphatic carbocycles. The van der Waals surface area contributed by atoms with Gasteiger partial charge in [-0.25, -0.2) is 0 Å². The SMILES string of the molecule is CCO/C=C1/OC2CCCCC12. The molecule has 2 nitrogen and oxygen atoms in total. The van der Waals surface area contributed by atoms with Crippen LogP contribution in [0.5, 0.6) is 0 Å². The largest absolute Gasteiger partial charge is 0.498 e. The van der Waals surface area contributed by atoms with Crippen molar-refractivity contribution < 1.29 is 9.47 Å². The first-order chi connectivity index (χ1) is 5.92. The van der Waals surface area contributed by atoms with Gasteiger partial charge in [0.15, 0.2) is 0 Å². The van der Waals surface area contributed by atoms with Gasteiger partial charge in [-0.1, -0.05) is 6.42 Å². The van der Waals surface area contributed by atoms with E-state index in [0.717, 1.165) is 12.4 Å². The van der Waals surface area contributed by atoms with Crippen LogP contribution in [0.2, 0.25) is 0 Å². The first-order valence-corrected chi connectivity index (χ1v) is 4.90. The van der Waals surface area contributed by atoms with Crippen LogP contribution >= 0.6 is 0 Å². The van der Waals surface area contributed by atoms with Gasteiger partial charge in [0.25, 0.3) is 0 Å². The van der Waals surface area contributed by atoms with Gasteiger partial charge in [-0.3, -0.25) is 0 Å². The summed E-state index contributed by atoms with van der Waals surface area (Å²) in [7, 11) is 0. The highest BCUT2D eigenvalue weighted by Gasteiger charge is 2.40. The van der Waals surface area contributed by atoms with Crippen molar-refractivity contribution in [2.24, 2.45) is 5.92 Å². The molecular formula is C10H16O2. The second kappa shape index (κ2) is 3.38. The molecule has 2 unspecified atom stereocenters. The maximum Gasteiger partial charge on any atom is 0.137 e. The number of hydrogen-bond acceptors (Lipinski definition) is 2. The fourth-order valence-electron chi connectivity index (χ4n) is 2.03. The van der Waals surface area contributed by atoms with Crippen LogP contribution in [0, 0.1) is 5.92 Å². The molecule has 0 aromatic rings. The highest BCUT2D eigenvalue weighted by Crippen LogP contribution is 2.42. The van der Waals surface area contributed by atoms with Gasteiger partial charge in [0.05, 0.1) is 12.5 Å². The Morgan fingerprint density at radius 1 is 1.50 bits per heavy atom. The van der Waals surface area contributed by atoms with Crippen LogP contribution in [-0.4, -0.2) is 12.7 Å². The lowest BCUT2D eigenvalue weighted by atomic mass is 9.81. The van der Waals surface area contributed by atoms with Gasteiger partial charge in [-0.05, 0) is 26.2 Å². The zero-order valence-electron chi connectivity index (χ0n) is 7.58. The van der Waals surface area contributed by atoms with Crippen LogP contribution in [0.15, 0.2) is 12.0 Å². The molecule has 2 atom stereocenters. The predicted octanol–water partition coefficient (Wildman–Crippen LogP) is 2.45. The van der Waals surface area contributed by atoms with Gasteiger partial charge < -0.3 is 9.47 Å². The average Bonchev–Trinajstić information content (AvgIpc) is 2.07. The molecule has 68 valence electrons. The van der Waals surface area contributed by atoms with Gasteiger partial charge in [-0.15, -0.1) is 0 Å². The van der Waals surface area contributed by atoms with Crippen molar-refractivity contribution in [3.63, 3.8) is 0 Å². The molecule has 0 aromatic carbocycles. The Hall–Kier alpha value is -0.660. The van der Waals surface area contributed by atoms with Crippen LogP contribution < -0.4 is 0 Å². The lowest BCUT2D eigenvalue weighted by Gasteiger charge is -2.42. The van der Waals surface area contributed by atoms with Gasteiger partial charge >= 0.3 is 0 Å². The molecule has 0 aromatic heterocycles. The summed E-state index contributed by atoms with van der Waals surface area (Å²) in [6, 6.07) is 0. The molecule has 0 radical (unpaired) electrons. The Labute approximate surface area is 73.5 Å². The van der Waals surface area contributed by atoms with E-state index < -0.39 is 0 Å². The molecule has 2 fully saturated rings. The van der Waals surface area contributed by atoms with Crippen molar-refractivity contribution in [3.8, 4) is 0 Å². The smallest absolute Gasteiger partial charge is 0.137 e. The van der Waals surface area contributed by atoms with Crippen molar-refractivity contribution in [3.05, 3.63) is 12.0 Å². The Morgan fingerprint density at radius 2 is 2.33 bits per heavy atom. The highest BCUT2D eigenvalue weighted by atomic mass is 16.5. The zero-order valence-corrected chi connectivity index (χ0v) is 7.58. The van der Waals surface area contributed by atoms with E-state index in [2.05, 4.69) is 0 Å². The summed E-state index contributed by atoms with van der Waals surface area (Å²) < 4.78 is 10.8. The van der Waals surface area contributed by atoms with Gasteiger partial charge in [0.1, 0.15) is 18.1 Å². The van der Waals surface area contributed by atoms with Crippen molar-refractivity contribution in [1.82, 2.24) is 0 Å². The minimum absolute atomic E-state index is 0.519. The lowest BCUT2D eigenvalue weighted by molar-refractivity contribution is -0.0737. The second-order valence-electron chi connectivity index (χ2n) is 3.52. The summed E-state index contributed by atoms with van der Waals surface area (Å²) in [5.74, 6) is 1.77. The molecule has 0 bridgehead atoms. The molecule has 2 rings (SSSR count). The standard InChI is InChI=1S/C10H16O2/c1-2-11-7-10-8-5-3-4-6-9(8)12-10/h7-9H,2-6H2,1H3/b10-7+. The number of ether oxygens (including phenoxy) is 2. The van der Waals surface area contributed by atoms with E-state index >= 15 is 0 Å². The molecular weight excluding hydrogens is 152 g/mol. The molecule has 2 heteroatoms. The zero-order chi connectivity index (χ0) is 8.39. The Morgan fingerprint density at radius 3 is 3.08 bits per heavy atom. The highest BCUT2D eigenvalue weighted by molar-refractivity contribution is 5.09. The third-order valence-electron chi connectivity index (χ3n) is 2.72. The molecule has 1 heterocycles. The summed E-state index contributed by atoms with van der Waals surface area (Å²) in [4.78, 5) is 0. The topological polar surface area (TPSA) is 18.5 Å².